The van der Waals surface area contributed by atoms with Crippen LogP contribution in [0.1, 0.15) is 5.56 Å². The molecule has 0 saturated carbocycles. The summed E-state index contributed by atoms with van der Waals surface area (Å²) in [7, 11) is 0. The summed E-state index contributed by atoms with van der Waals surface area (Å²) < 4.78 is 5.57. The number of aromatic nitrogens is 2. The lowest BCUT2D eigenvalue weighted by Gasteiger charge is -2.35. The van der Waals surface area contributed by atoms with Gasteiger partial charge in [0.15, 0.2) is 12.4 Å². The van der Waals surface area contributed by atoms with Gasteiger partial charge in [0.1, 0.15) is 5.75 Å². The summed E-state index contributed by atoms with van der Waals surface area (Å²) in [5.41, 5.74) is 3.12. The zero-order chi connectivity index (χ0) is 20.9. The monoisotopic (exact) mass is 422 g/mol. The Morgan fingerprint density at radius 2 is 1.70 bits per heavy atom. The lowest BCUT2D eigenvalue weighted by atomic mass is 10.1. The maximum absolute atomic E-state index is 12.5. The highest BCUT2D eigenvalue weighted by Crippen LogP contribution is 2.24. The highest BCUT2D eigenvalue weighted by Gasteiger charge is 2.22. The molecular weight excluding hydrogens is 400 g/mol. The van der Waals surface area contributed by atoms with Crippen LogP contribution in [-0.4, -0.2) is 53.8 Å². The minimum atomic E-state index is -0.0458. The van der Waals surface area contributed by atoms with Gasteiger partial charge in [-0.15, -0.1) is 10.2 Å². The second kappa shape index (κ2) is 9.13. The van der Waals surface area contributed by atoms with E-state index in [0.29, 0.717) is 37.0 Å². The van der Waals surface area contributed by atoms with E-state index in [1.807, 2.05) is 47.4 Å². The van der Waals surface area contributed by atoms with Crippen LogP contribution in [-0.2, 0) is 4.79 Å². The van der Waals surface area contributed by atoms with Crippen molar-refractivity contribution in [3.05, 3.63) is 71.2 Å². The Kier molecular flexibility index (Phi) is 6.14. The molecule has 1 fully saturated rings. The molecule has 2 heterocycles. The van der Waals surface area contributed by atoms with Crippen LogP contribution >= 0.6 is 11.6 Å². The van der Waals surface area contributed by atoms with E-state index < -0.39 is 0 Å². The molecule has 4 rings (SSSR count). The van der Waals surface area contributed by atoms with Crippen LogP contribution in [0.25, 0.3) is 11.3 Å². The molecule has 1 amide bonds. The number of rotatable bonds is 5. The van der Waals surface area contributed by atoms with E-state index in [4.69, 9.17) is 16.3 Å². The Morgan fingerprint density at radius 1 is 0.967 bits per heavy atom. The summed E-state index contributed by atoms with van der Waals surface area (Å²) >= 11 is 6.07. The van der Waals surface area contributed by atoms with Gasteiger partial charge in [0.2, 0.25) is 0 Å². The largest absolute Gasteiger partial charge is 0.482 e. The van der Waals surface area contributed by atoms with Crippen molar-refractivity contribution in [3.8, 4) is 17.0 Å². The van der Waals surface area contributed by atoms with Crippen molar-refractivity contribution in [2.24, 2.45) is 0 Å². The zero-order valence-corrected chi connectivity index (χ0v) is 17.5. The maximum Gasteiger partial charge on any atom is 0.260 e. The number of hydrogen-bond donors (Lipinski definition) is 0. The molecule has 0 unspecified atom stereocenters. The van der Waals surface area contributed by atoms with Crippen molar-refractivity contribution in [3.63, 3.8) is 0 Å². The number of nitrogens with zero attached hydrogens (tertiary/aromatic N) is 4. The van der Waals surface area contributed by atoms with Crippen molar-refractivity contribution in [1.82, 2.24) is 15.1 Å². The van der Waals surface area contributed by atoms with Crippen molar-refractivity contribution < 1.29 is 9.53 Å². The summed E-state index contributed by atoms with van der Waals surface area (Å²) in [6, 6.07) is 19.3. The average molecular weight is 423 g/mol. The summed E-state index contributed by atoms with van der Waals surface area (Å²) in [4.78, 5) is 16.4. The number of carbonyl (C=O) groups excluding carboxylic acids is 1. The smallest absolute Gasteiger partial charge is 0.260 e. The molecule has 7 heteroatoms. The average Bonchev–Trinajstić information content (AvgIpc) is 2.79. The summed E-state index contributed by atoms with van der Waals surface area (Å²) in [5.74, 6) is 1.30. The topological polar surface area (TPSA) is 58.6 Å². The first-order chi connectivity index (χ1) is 14.6. The van der Waals surface area contributed by atoms with Gasteiger partial charge >= 0.3 is 0 Å². The zero-order valence-electron chi connectivity index (χ0n) is 16.8. The first-order valence-corrected chi connectivity index (χ1v) is 10.3. The number of para-hydroxylation sites is 1. The molecule has 154 valence electrons. The van der Waals surface area contributed by atoms with Gasteiger partial charge < -0.3 is 14.5 Å². The number of aryl methyl sites for hydroxylation is 1. The maximum atomic E-state index is 12.5. The van der Waals surface area contributed by atoms with Crippen LogP contribution in [0.5, 0.6) is 5.75 Å². The number of benzene rings is 2. The molecule has 1 aliphatic heterocycles. The lowest BCUT2D eigenvalue weighted by molar-refractivity contribution is -0.133. The first kappa shape index (κ1) is 20.2. The van der Waals surface area contributed by atoms with Crippen LogP contribution in [0.4, 0.5) is 5.82 Å². The van der Waals surface area contributed by atoms with Gasteiger partial charge in [0, 0.05) is 31.7 Å². The molecule has 0 spiro atoms. The fourth-order valence-electron chi connectivity index (χ4n) is 3.48. The van der Waals surface area contributed by atoms with Gasteiger partial charge in [0.25, 0.3) is 5.91 Å². The molecule has 3 aromatic rings. The number of carbonyl (C=O) groups is 1. The van der Waals surface area contributed by atoms with E-state index in [1.54, 1.807) is 12.1 Å². The third-order valence-corrected chi connectivity index (χ3v) is 5.53. The normalized spacial score (nSPS) is 13.9. The Labute approximate surface area is 181 Å². The predicted octanol–water partition coefficient (Wildman–Crippen LogP) is 3.83. The van der Waals surface area contributed by atoms with Gasteiger partial charge in [0.05, 0.1) is 10.7 Å². The van der Waals surface area contributed by atoms with Crippen LogP contribution in [0.3, 0.4) is 0 Å². The van der Waals surface area contributed by atoms with Crippen molar-refractivity contribution >= 4 is 23.3 Å². The van der Waals surface area contributed by atoms with E-state index in [2.05, 4.69) is 28.1 Å². The van der Waals surface area contributed by atoms with E-state index >= 15 is 0 Å². The number of piperazine rings is 1. The Balaban J connectivity index is 1.31. The molecular formula is C23H23ClN4O2. The molecule has 0 atom stereocenters. The number of anilines is 1. The van der Waals surface area contributed by atoms with Crippen molar-refractivity contribution in [2.45, 2.75) is 6.92 Å². The molecule has 1 aliphatic rings. The van der Waals surface area contributed by atoms with E-state index in [0.717, 1.165) is 17.1 Å². The first-order valence-electron chi connectivity index (χ1n) is 9.91. The number of hydrogen-bond acceptors (Lipinski definition) is 5. The molecule has 1 saturated heterocycles. The summed E-state index contributed by atoms with van der Waals surface area (Å²) in [6.07, 6.45) is 0. The van der Waals surface area contributed by atoms with Gasteiger partial charge in [-0.05, 0) is 36.8 Å². The van der Waals surface area contributed by atoms with Gasteiger partial charge in [-0.1, -0.05) is 48.0 Å². The Morgan fingerprint density at radius 3 is 2.40 bits per heavy atom. The summed E-state index contributed by atoms with van der Waals surface area (Å²) in [6.45, 7) is 4.69. The standard InChI is InChI=1S/C23H23ClN4O2/c1-17-6-2-3-7-18(17)20-10-11-22(26-25-20)27-12-14-28(15-13-27)23(29)16-30-21-9-5-4-8-19(21)24/h2-11H,12-16H2,1H3. The SMILES string of the molecule is Cc1ccccc1-c1ccc(N2CCN(C(=O)COc3ccccc3Cl)CC2)nn1. The third-order valence-electron chi connectivity index (χ3n) is 5.22. The van der Waals surface area contributed by atoms with Crippen LogP contribution < -0.4 is 9.64 Å². The molecule has 0 bridgehead atoms. The van der Waals surface area contributed by atoms with Gasteiger partial charge in [-0.3, -0.25) is 4.79 Å². The van der Waals surface area contributed by atoms with Crippen molar-refractivity contribution in [1.29, 1.82) is 0 Å². The molecule has 2 aromatic carbocycles. The van der Waals surface area contributed by atoms with Crippen LogP contribution in [0, 0.1) is 6.92 Å². The molecule has 6 nitrogen and oxygen atoms in total. The van der Waals surface area contributed by atoms with Gasteiger partial charge in [-0.2, -0.15) is 0 Å². The van der Waals surface area contributed by atoms with E-state index in [9.17, 15) is 4.79 Å². The molecule has 30 heavy (non-hydrogen) atoms. The number of ether oxygens (including phenoxy) is 1. The third kappa shape index (κ3) is 4.54. The number of halogens is 1. The quantitative estimate of drug-likeness (QED) is 0.625. The Hall–Kier alpha value is -3.12. The van der Waals surface area contributed by atoms with Gasteiger partial charge in [-0.25, -0.2) is 0 Å². The van der Waals surface area contributed by atoms with E-state index in [-0.39, 0.29) is 12.5 Å². The molecule has 1 aromatic heterocycles. The molecule has 0 N–H and O–H groups in total. The van der Waals surface area contributed by atoms with Crippen LogP contribution in [0.2, 0.25) is 5.02 Å². The number of amides is 1. The fourth-order valence-corrected chi connectivity index (χ4v) is 3.67. The fraction of sp³-hybridized carbons (Fsp3) is 0.261. The predicted molar refractivity (Wildman–Crippen MR) is 118 cm³/mol. The highest BCUT2D eigenvalue weighted by molar-refractivity contribution is 6.32. The minimum absolute atomic E-state index is 0.0192. The Bertz CT molecular complexity index is 1020. The van der Waals surface area contributed by atoms with Crippen LogP contribution in [0.15, 0.2) is 60.7 Å². The molecule has 0 aliphatic carbocycles. The lowest BCUT2D eigenvalue weighted by Crippen LogP contribution is -2.50. The highest BCUT2D eigenvalue weighted by atomic mass is 35.5. The second-order valence-corrected chi connectivity index (χ2v) is 7.59. The minimum Gasteiger partial charge on any atom is -0.482 e. The molecule has 0 radical (unpaired) electrons. The second-order valence-electron chi connectivity index (χ2n) is 7.18. The van der Waals surface area contributed by atoms with Crippen molar-refractivity contribution in [2.75, 3.05) is 37.7 Å². The van der Waals surface area contributed by atoms with E-state index in [1.165, 1.54) is 5.56 Å². The summed E-state index contributed by atoms with van der Waals surface area (Å²) in [5, 5.41) is 9.32.